The van der Waals surface area contributed by atoms with Crippen molar-refractivity contribution in [3.05, 3.63) is 106 Å². The van der Waals surface area contributed by atoms with Crippen molar-refractivity contribution >= 4 is 39.6 Å². The molecule has 2 aromatic carbocycles. The topological polar surface area (TPSA) is 97.1 Å². The molecule has 10 heteroatoms. The van der Waals surface area contributed by atoms with Crippen molar-refractivity contribution in [2.75, 3.05) is 13.7 Å². The average Bonchev–Trinajstić information content (AvgIpc) is 3.45. The minimum atomic E-state index is -3.88. The standard InChI is InChI=1S/C28H27ClN2O6S/c1-4-31-19(2)26(28(33)36-3)25(27(31)32)16-22-14-15-23(37-22)18-30(17-20-10-12-21(29)13-11-20)38(34,35)24-8-6-5-7-9-24/h5-16H,4,17-18H2,1-3H3/b25-16+. The first-order valence-electron chi connectivity index (χ1n) is 11.9. The number of carbonyl (C=O) groups excluding carboxylic acids is 2. The average molecular weight is 555 g/mol. The molecule has 1 aliphatic heterocycles. The largest absolute Gasteiger partial charge is 0.465 e. The summed E-state index contributed by atoms with van der Waals surface area (Å²) >= 11 is 6.00. The first-order chi connectivity index (χ1) is 18.1. The number of allylic oxidation sites excluding steroid dienone is 1. The number of sulfonamides is 1. The van der Waals surface area contributed by atoms with Gasteiger partial charge in [-0.2, -0.15) is 4.31 Å². The summed E-state index contributed by atoms with van der Waals surface area (Å²) < 4.78 is 39.2. The van der Waals surface area contributed by atoms with Crippen LogP contribution in [0.3, 0.4) is 0 Å². The minimum absolute atomic E-state index is 0.0587. The van der Waals surface area contributed by atoms with Gasteiger partial charge in [0.15, 0.2) is 0 Å². The van der Waals surface area contributed by atoms with E-state index in [4.69, 9.17) is 20.8 Å². The second-order valence-corrected chi connectivity index (χ2v) is 11.0. The molecule has 1 aromatic heterocycles. The van der Waals surface area contributed by atoms with Gasteiger partial charge in [0.1, 0.15) is 11.5 Å². The number of amides is 1. The molecule has 198 valence electrons. The van der Waals surface area contributed by atoms with Crippen LogP contribution in [0.2, 0.25) is 5.02 Å². The van der Waals surface area contributed by atoms with Crippen LogP contribution in [0.15, 0.2) is 92.9 Å². The Morgan fingerprint density at radius 3 is 2.37 bits per heavy atom. The van der Waals surface area contributed by atoms with E-state index in [0.717, 1.165) is 5.56 Å². The molecule has 0 atom stereocenters. The zero-order chi connectivity index (χ0) is 27.4. The fourth-order valence-electron chi connectivity index (χ4n) is 4.24. The second-order valence-electron chi connectivity index (χ2n) is 8.58. The van der Waals surface area contributed by atoms with Gasteiger partial charge in [-0.3, -0.25) is 4.79 Å². The summed E-state index contributed by atoms with van der Waals surface area (Å²) in [4.78, 5) is 27.0. The molecule has 0 unspecified atom stereocenters. The third-order valence-electron chi connectivity index (χ3n) is 6.17. The molecule has 2 heterocycles. The van der Waals surface area contributed by atoms with Crippen LogP contribution in [0.25, 0.3) is 6.08 Å². The number of ether oxygens (including phenoxy) is 1. The maximum atomic E-state index is 13.5. The molecule has 0 spiro atoms. The van der Waals surface area contributed by atoms with E-state index >= 15 is 0 Å². The van der Waals surface area contributed by atoms with Crippen LogP contribution >= 0.6 is 11.6 Å². The summed E-state index contributed by atoms with van der Waals surface area (Å²) in [6.45, 7) is 3.92. The molecule has 0 bridgehead atoms. The summed E-state index contributed by atoms with van der Waals surface area (Å²) in [6.07, 6.45) is 1.48. The van der Waals surface area contributed by atoms with E-state index < -0.39 is 16.0 Å². The van der Waals surface area contributed by atoms with Gasteiger partial charge in [0.05, 0.1) is 29.7 Å². The Balaban J connectivity index is 1.66. The lowest BCUT2D eigenvalue weighted by molar-refractivity contribution is -0.136. The number of nitrogens with zero attached hydrogens (tertiary/aromatic N) is 2. The summed E-state index contributed by atoms with van der Waals surface area (Å²) in [7, 11) is -2.62. The van der Waals surface area contributed by atoms with Gasteiger partial charge >= 0.3 is 5.97 Å². The number of esters is 1. The number of furan rings is 1. The van der Waals surface area contributed by atoms with Crippen LogP contribution in [0.5, 0.6) is 0 Å². The smallest absolute Gasteiger partial charge is 0.340 e. The molecule has 0 saturated heterocycles. The van der Waals surface area contributed by atoms with Crippen molar-refractivity contribution in [3.63, 3.8) is 0 Å². The highest BCUT2D eigenvalue weighted by Crippen LogP contribution is 2.32. The molecule has 0 aliphatic carbocycles. The quantitative estimate of drug-likeness (QED) is 0.272. The highest BCUT2D eigenvalue weighted by atomic mass is 35.5. The van der Waals surface area contributed by atoms with Gasteiger partial charge in [0.2, 0.25) is 10.0 Å². The van der Waals surface area contributed by atoms with Gasteiger partial charge in [-0.25, -0.2) is 13.2 Å². The fraction of sp³-hybridized carbons (Fsp3) is 0.214. The molecule has 0 N–H and O–H groups in total. The van der Waals surface area contributed by atoms with Crippen molar-refractivity contribution in [1.29, 1.82) is 0 Å². The summed E-state index contributed by atoms with van der Waals surface area (Å²) in [5, 5.41) is 0.550. The van der Waals surface area contributed by atoms with Gasteiger partial charge in [0, 0.05) is 23.8 Å². The highest BCUT2D eigenvalue weighted by molar-refractivity contribution is 7.89. The molecule has 3 aromatic rings. The van der Waals surface area contributed by atoms with Crippen LogP contribution < -0.4 is 0 Å². The van der Waals surface area contributed by atoms with Crippen LogP contribution in [-0.2, 0) is 37.4 Å². The SMILES string of the molecule is CCN1C(=O)/C(=C/c2ccc(CN(Cc3ccc(Cl)cc3)S(=O)(=O)c3ccccc3)o2)C(C(=O)OC)=C1C. The minimum Gasteiger partial charge on any atom is -0.465 e. The number of benzene rings is 2. The molecule has 0 fully saturated rings. The molecule has 0 saturated carbocycles. The summed E-state index contributed by atoms with van der Waals surface area (Å²) in [5.74, 6) is -0.283. The predicted molar refractivity (Wildman–Crippen MR) is 143 cm³/mol. The molecule has 1 aliphatic rings. The number of hydrogen-bond donors (Lipinski definition) is 0. The Morgan fingerprint density at radius 2 is 1.74 bits per heavy atom. The van der Waals surface area contributed by atoms with Gasteiger partial charge in [0.25, 0.3) is 5.91 Å². The van der Waals surface area contributed by atoms with Crippen LogP contribution in [0.4, 0.5) is 0 Å². The van der Waals surface area contributed by atoms with Gasteiger partial charge < -0.3 is 14.1 Å². The number of halogens is 1. The first kappa shape index (κ1) is 27.4. The van der Waals surface area contributed by atoms with Crippen molar-refractivity contribution in [1.82, 2.24) is 9.21 Å². The highest BCUT2D eigenvalue weighted by Gasteiger charge is 2.36. The second kappa shape index (κ2) is 11.4. The van der Waals surface area contributed by atoms with Gasteiger partial charge in [-0.05, 0) is 61.9 Å². The van der Waals surface area contributed by atoms with Crippen LogP contribution in [0, 0.1) is 0 Å². The van der Waals surface area contributed by atoms with Crippen molar-refractivity contribution in [2.24, 2.45) is 0 Å². The maximum absolute atomic E-state index is 13.5. The van der Waals surface area contributed by atoms with E-state index in [1.807, 2.05) is 6.92 Å². The molecular formula is C28H27ClN2O6S. The van der Waals surface area contributed by atoms with Gasteiger partial charge in [-0.15, -0.1) is 0 Å². The third-order valence-corrected chi connectivity index (χ3v) is 8.23. The van der Waals surface area contributed by atoms with Gasteiger partial charge in [-0.1, -0.05) is 41.9 Å². The van der Waals surface area contributed by atoms with Crippen LogP contribution in [0.1, 0.15) is 30.9 Å². The lowest BCUT2D eigenvalue weighted by atomic mass is 10.1. The Kier molecular flexibility index (Phi) is 8.20. The number of carbonyl (C=O) groups is 2. The van der Waals surface area contributed by atoms with E-state index in [-0.39, 0.29) is 35.0 Å². The van der Waals surface area contributed by atoms with Crippen molar-refractivity contribution < 1.29 is 27.2 Å². The fourth-order valence-corrected chi connectivity index (χ4v) is 5.78. The number of rotatable bonds is 9. The Hall–Kier alpha value is -3.66. The van der Waals surface area contributed by atoms with Crippen molar-refractivity contribution in [2.45, 2.75) is 31.8 Å². The lowest BCUT2D eigenvalue weighted by Crippen LogP contribution is -2.30. The molecular weight excluding hydrogens is 528 g/mol. The molecule has 4 rings (SSSR count). The summed E-state index contributed by atoms with van der Waals surface area (Å²) in [5.41, 5.74) is 1.59. The Bertz CT molecular complexity index is 1510. The van der Waals surface area contributed by atoms with E-state index in [0.29, 0.717) is 28.8 Å². The lowest BCUT2D eigenvalue weighted by Gasteiger charge is -2.21. The molecule has 0 radical (unpaired) electrons. The van der Waals surface area contributed by atoms with Crippen LogP contribution in [-0.4, -0.2) is 43.2 Å². The number of methoxy groups -OCH3 is 1. The van der Waals surface area contributed by atoms with E-state index in [1.165, 1.54) is 34.5 Å². The van der Waals surface area contributed by atoms with Crippen molar-refractivity contribution in [3.8, 4) is 0 Å². The van der Waals surface area contributed by atoms with E-state index in [9.17, 15) is 18.0 Å². The zero-order valence-electron chi connectivity index (χ0n) is 21.2. The Morgan fingerprint density at radius 1 is 1.05 bits per heavy atom. The maximum Gasteiger partial charge on any atom is 0.340 e. The monoisotopic (exact) mass is 554 g/mol. The molecule has 38 heavy (non-hydrogen) atoms. The Labute approximate surface area is 226 Å². The third kappa shape index (κ3) is 5.60. The summed E-state index contributed by atoms with van der Waals surface area (Å²) in [6, 6.07) is 18.4. The normalized spacial score (nSPS) is 15.1. The zero-order valence-corrected chi connectivity index (χ0v) is 22.8. The number of likely N-dealkylation sites (N-methyl/N-ethyl adjacent to an activating group) is 1. The molecule has 8 nitrogen and oxygen atoms in total. The van der Waals surface area contributed by atoms with E-state index in [2.05, 4.69) is 0 Å². The predicted octanol–water partition coefficient (Wildman–Crippen LogP) is 5.02. The molecule has 1 amide bonds. The van der Waals surface area contributed by atoms with E-state index in [1.54, 1.807) is 61.5 Å². The number of hydrogen-bond acceptors (Lipinski definition) is 6. The first-order valence-corrected chi connectivity index (χ1v) is 13.7.